The molecule has 0 aliphatic rings. The lowest BCUT2D eigenvalue weighted by atomic mass is 10.1. The van der Waals surface area contributed by atoms with E-state index < -0.39 is 0 Å². The van der Waals surface area contributed by atoms with Gasteiger partial charge >= 0.3 is 0 Å². The van der Waals surface area contributed by atoms with E-state index in [4.69, 9.17) is 5.73 Å². The molecule has 2 N–H and O–H groups in total. The molecule has 16 heavy (non-hydrogen) atoms. The Morgan fingerprint density at radius 2 is 2.06 bits per heavy atom. The third kappa shape index (κ3) is 2.33. The summed E-state index contributed by atoms with van der Waals surface area (Å²) in [7, 11) is 0. The molecule has 0 amide bonds. The largest absolute Gasteiger partial charge is 0.330 e. The molecule has 3 nitrogen and oxygen atoms in total. The van der Waals surface area contributed by atoms with Crippen molar-refractivity contribution in [3.63, 3.8) is 0 Å². The highest BCUT2D eigenvalue weighted by Gasteiger charge is 2.06. The van der Waals surface area contributed by atoms with Crippen LogP contribution >= 0.6 is 15.9 Å². The van der Waals surface area contributed by atoms with Crippen LogP contribution < -0.4 is 5.73 Å². The van der Waals surface area contributed by atoms with Crippen LogP contribution in [0.15, 0.2) is 41.1 Å². The molecule has 1 atom stereocenters. The highest BCUT2D eigenvalue weighted by atomic mass is 79.9. The Morgan fingerprint density at radius 1 is 1.38 bits per heavy atom. The van der Waals surface area contributed by atoms with Crippen molar-refractivity contribution in [1.82, 2.24) is 9.78 Å². The van der Waals surface area contributed by atoms with Crippen LogP contribution in [0.1, 0.15) is 18.4 Å². The lowest BCUT2D eigenvalue weighted by Crippen LogP contribution is -2.07. The van der Waals surface area contributed by atoms with Gasteiger partial charge in [-0.15, -0.1) is 0 Å². The Balaban J connectivity index is 2.28. The number of hydrogen-bond donors (Lipinski definition) is 1. The fourth-order valence-corrected chi connectivity index (χ4v) is 1.73. The summed E-state index contributed by atoms with van der Waals surface area (Å²) in [4.78, 5) is 0. The van der Waals surface area contributed by atoms with Gasteiger partial charge in [0.15, 0.2) is 0 Å². The number of benzene rings is 1. The van der Waals surface area contributed by atoms with Crippen LogP contribution in [0.25, 0.3) is 5.69 Å². The molecule has 4 heteroatoms. The maximum atomic E-state index is 5.63. The zero-order valence-corrected chi connectivity index (χ0v) is 10.7. The summed E-state index contributed by atoms with van der Waals surface area (Å²) in [5, 5.41) is 4.33. The van der Waals surface area contributed by atoms with Gasteiger partial charge in [0, 0.05) is 10.7 Å². The third-order valence-electron chi connectivity index (χ3n) is 2.62. The van der Waals surface area contributed by atoms with E-state index in [2.05, 4.69) is 28.0 Å². The number of hydrogen-bond acceptors (Lipinski definition) is 2. The van der Waals surface area contributed by atoms with Crippen LogP contribution in [0.3, 0.4) is 0 Å². The molecule has 84 valence electrons. The zero-order chi connectivity index (χ0) is 11.5. The van der Waals surface area contributed by atoms with Crippen LogP contribution in [0.2, 0.25) is 0 Å². The Hall–Kier alpha value is -1.13. The van der Waals surface area contributed by atoms with E-state index in [1.54, 1.807) is 0 Å². The summed E-state index contributed by atoms with van der Waals surface area (Å²) in [6.45, 7) is 2.75. The Labute approximate surface area is 103 Å². The summed E-state index contributed by atoms with van der Waals surface area (Å²) in [6.07, 6.45) is 3.90. The van der Waals surface area contributed by atoms with Crippen LogP contribution in [-0.2, 0) is 0 Å². The van der Waals surface area contributed by atoms with Gasteiger partial charge in [-0.1, -0.05) is 22.9 Å². The van der Waals surface area contributed by atoms with Gasteiger partial charge in [-0.2, -0.15) is 5.10 Å². The number of halogens is 1. The molecule has 0 radical (unpaired) electrons. The van der Waals surface area contributed by atoms with Gasteiger partial charge in [-0.3, -0.25) is 0 Å². The summed E-state index contributed by atoms with van der Waals surface area (Å²) in [5.41, 5.74) is 7.85. The molecule has 1 unspecified atom stereocenters. The second-order valence-electron chi connectivity index (χ2n) is 3.83. The second-order valence-corrected chi connectivity index (χ2v) is 4.75. The van der Waals surface area contributed by atoms with Crippen molar-refractivity contribution in [3.8, 4) is 5.69 Å². The van der Waals surface area contributed by atoms with Crippen molar-refractivity contribution >= 4 is 15.9 Å². The summed E-state index contributed by atoms with van der Waals surface area (Å²) in [5.74, 6) is 0.351. The maximum Gasteiger partial charge on any atom is 0.0646 e. The quantitative estimate of drug-likeness (QED) is 0.939. The molecule has 0 fully saturated rings. The Kier molecular flexibility index (Phi) is 3.41. The molecule has 2 aromatic rings. The third-order valence-corrected chi connectivity index (χ3v) is 3.14. The van der Waals surface area contributed by atoms with E-state index in [1.807, 2.05) is 41.3 Å². The molecule has 0 saturated heterocycles. The molecule has 1 heterocycles. The van der Waals surface area contributed by atoms with Crippen molar-refractivity contribution in [2.75, 3.05) is 6.54 Å². The first-order chi connectivity index (χ1) is 7.70. The molecule has 1 aromatic heterocycles. The van der Waals surface area contributed by atoms with E-state index in [-0.39, 0.29) is 0 Å². The van der Waals surface area contributed by atoms with E-state index in [1.165, 1.54) is 5.56 Å². The van der Waals surface area contributed by atoms with Gasteiger partial charge < -0.3 is 5.73 Å². The van der Waals surface area contributed by atoms with Gasteiger partial charge in [0.25, 0.3) is 0 Å². The molecule has 0 aliphatic heterocycles. The monoisotopic (exact) mass is 279 g/mol. The summed E-state index contributed by atoms with van der Waals surface area (Å²) in [6, 6.07) is 8.05. The normalized spacial score (nSPS) is 12.7. The lowest BCUT2D eigenvalue weighted by molar-refractivity contribution is 0.773. The van der Waals surface area contributed by atoms with Crippen molar-refractivity contribution < 1.29 is 0 Å². The van der Waals surface area contributed by atoms with Gasteiger partial charge in [-0.05, 0) is 42.3 Å². The first-order valence-corrected chi connectivity index (χ1v) is 6.00. The van der Waals surface area contributed by atoms with Gasteiger partial charge in [0.1, 0.15) is 0 Å². The predicted octanol–water partition coefficient (Wildman–Crippen LogP) is 2.70. The Morgan fingerprint density at radius 3 is 2.69 bits per heavy atom. The fraction of sp³-hybridized carbons (Fsp3) is 0.250. The molecule has 0 aliphatic carbocycles. The SMILES string of the molecule is CC(CN)c1cnn(-c2ccc(Br)cc2)c1. The average Bonchev–Trinajstić information content (AvgIpc) is 2.78. The van der Waals surface area contributed by atoms with Crippen molar-refractivity contribution in [2.45, 2.75) is 12.8 Å². The van der Waals surface area contributed by atoms with Gasteiger partial charge in [0.2, 0.25) is 0 Å². The Bertz CT molecular complexity index is 461. The van der Waals surface area contributed by atoms with E-state index >= 15 is 0 Å². The first kappa shape index (κ1) is 11.4. The smallest absolute Gasteiger partial charge is 0.0646 e. The second kappa shape index (κ2) is 4.80. The molecular formula is C12H14BrN3. The topological polar surface area (TPSA) is 43.8 Å². The summed E-state index contributed by atoms with van der Waals surface area (Å²) < 4.78 is 2.94. The van der Waals surface area contributed by atoms with Gasteiger partial charge in [0.05, 0.1) is 11.9 Å². The number of nitrogens with two attached hydrogens (primary N) is 1. The minimum absolute atomic E-state index is 0.351. The maximum absolute atomic E-state index is 5.63. The molecule has 2 rings (SSSR count). The van der Waals surface area contributed by atoms with E-state index in [9.17, 15) is 0 Å². The van der Waals surface area contributed by atoms with E-state index in [0.29, 0.717) is 12.5 Å². The number of aromatic nitrogens is 2. The molecule has 0 spiro atoms. The van der Waals surface area contributed by atoms with Gasteiger partial charge in [-0.25, -0.2) is 4.68 Å². The van der Waals surface area contributed by atoms with Crippen LogP contribution in [-0.4, -0.2) is 16.3 Å². The minimum atomic E-state index is 0.351. The highest BCUT2D eigenvalue weighted by molar-refractivity contribution is 9.10. The van der Waals surface area contributed by atoms with Crippen molar-refractivity contribution in [3.05, 3.63) is 46.7 Å². The summed E-state index contributed by atoms with van der Waals surface area (Å²) >= 11 is 3.41. The van der Waals surface area contributed by atoms with Crippen LogP contribution in [0.4, 0.5) is 0 Å². The molecule has 1 aromatic carbocycles. The highest BCUT2D eigenvalue weighted by Crippen LogP contribution is 2.17. The zero-order valence-electron chi connectivity index (χ0n) is 9.10. The first-order valence-electron chi connectivity index (χ1n) is 5.21. The van der Waals surface area contributed by atoms with Crippen LogP contribution in [0, 0.1) is 0 Å². The lowest BCUT2D eigenvalue weighted by Gasteiger charge is -2.04. The van der Waals surface area contributed by atoms with E-state index in [0.717, 1.165) is 10.2 Å². The van der Waals surface area contributed by atoms with Crippen molar-refractivity contribution in [2.24, 2.45) is 5.73 Å². The fourth-order valence-electron chi connectivity index (χ4n) is 1.46. The minimum Gasteiger partial charge on any atom is -0.330 e. The molecule has 0 bridgehead atoms. The number of nitrogens with zero attached hydrogens (tertiary/aromatic N) is 2. The molecule has 0 saturated carbocycles. The molecular weight excluding hydrogens is 266 g/mol. The van der Waals surface area contributed by atoms with Crippen molar-refractivity contribution in [1.29, 1.82) is 0 Å². The standard InChI is InChI=1S/C12H14BrN3/c1-9(6-14)10-7-15-16(8-10)12-4-2-11(13)3-5-12/h2-5,7-9H,6,14H2,1H3. The van der Waals surface area contributed by atoms with Crippen LogP contribution in [0.5, 0.6) is 0 Å². The average molecular weight is 280 g/mol. The number of rotatable bonds is 3. The predicted molar refractivity (Wildman–Crippen MR) is 68.7 cm³/mol.